The van der Waals surface area contributed by atoms with E-state index in [0.717, 1.165) is 36.8 Å². The van der Waals surface area contributed by atoms with E-state index in [0.29, 0.717) is 29.7 Å². The maximum atomic E-state index is 14.2. The minimum atomic E-state index is -0.759. The number of aromatic amines is 1. The average molecular weight is 421 g/mol. The van der Waals surface area contributed by atoms with Gasteiger partial charge in [-0.25, -0.2) is 9.37 Å². The Kier molecular flexibility index (Phi) is 4.38. The van der Waals surface area contributed by atoms with Crippen LogP contribution in [0.15, 0.2) is 36.8 Å². The number of aromatic hydroxyl groups is 1. The molecule has 3 aliphatic rings. The number of hydrogen-bond acceptors (Lipinski definition) is 7. The van der Waals surface area contributed by atoms with Gasteiger partial charge >= 0.3 is 0 Å². The maximum absolute atomic E-state index is 14.2. The number of halogens is 1. The Morgan fingerprint density at radius 3 is 2.61 bits per heavy atom. The van der Waals surface area contributed by atoms with Gasteiger partial charge in [-0.05, 0) is 49.8 Å². The van der Waals surface area contributed by atoms with Crippen LogP contribution in [0.25, 0.3) is 22.4 Å². The number of phenolic OH excluding ortho intramolecular Hbond substituents is 1. The zero-order valence-electron chi connectivity index (χ0n) is 16.9. The van der Waals surface area contributed by atoms with Gasteiger partial charge in [0.2, 0.25) is 5.95 Å². The van der Waals surface area contributed by atoms with Gasteiger partial charge in [-0.2, -0.15) is 5.10 Å². The number of anilines is 1. The van der Waals surface area contributed by atoms with E-state index in [1.807, 2.05) is 12.1 Å². The molecule has 9 heteroatoms. The van der Waals surface area contributed by atoms with Gasteiger partial charge in [0.25, 0.3) is 0 Å². The summed E-state index contributed by atoms with van der Waals surface area (Å²) in [6.07, 6.45) is 8.89. The van der Waals surface area contributed by atoms with Crippen molar-refractivity contribution in [3.05, 3.63) is 36.8 Å². The highest BCUT2D eigenvalue weighted by Crippen LogP contribution is 2.39. The van der Waals surface area contributed by atoms with Crippen LogP contribution >= 0.6 is 0 Å². The number of benzene rings is 1. The molecule has 2 bridgehead atoms. The summed E-state index contributed by atoms with van der Waals surface area (Å²) < 4.78 is 14.2. The third-order valence-electron chi connectivity index (χ3n) is 6.70. The summed E-state index contributed by atoms with van der Waals surface area (Å²) in [6.45, 7) is 0. The summed E-state index contributed by atoms with van der Waals surface area (Å²) in [4.78, 5) is 6.87. The van der Waals surface area contributed by atoms with Crippen molar-refractivity contribution >= 4 is 5.95 Å². The first-order valence-electron chi connectivity index (χ1n) is 10.9. The predicted molar refractivity (Wildman–Crippen MR) is 113 cm³/mol. The number of nitrogens with one attached hydrogen (secondary N) is 2. The molecule has 0 spiro atoms. The molecule has 0 radical (unpaired) electrons. The van der Waals surface area contributed by atoms with Crippen LogP contribution in [0, 0.1) is 0 Å². The fraction of sp³-hybridized carbons (Fsp3) is 0.455. The average Bonchev–Trinajstić information content (AvgIpc) is 3.37. The molecule has 2 aromatic heterocycles. The number of H-pyrrole nitrogens is 1. The molecular weight excluding hydrogens is 397 g/mol. The molecule has 4 atom stereocenters. The van der Waals surface area contributed by atoms with Crippen LogP contribution in [-0.2, 0) is 0 Å². The quantitative estimate of drug-likeness (QED) is 0.582. The molecular formula is C22H24FN7O. The second-order valence-corrected chi connectivity index (χ2v) is 8.85. The van der Waals surface area contributed by atoms with Crippen molar-refractivity contribution in [2.45, 2.75) is 62.4 Å². The van der Waals surface area contributed by atoms with E-state index in [1.54, 1.807) is 24.7 Å². The van der Waals surface area contributed by atoms with E-state index >= 15 is 0 Å². The molecule has 0 amide bonds. The second kappa shape index (κ2) is 7.26. The lowest BCUT2D eigenvalue weighted by atomic mass is 9.98. The molecule has 1 aliphatic carbocycles. The van der Waals surface area contributed by atoms with Crippen LogP contribution in [0.5, 0.6) is 5.75 Å². The first kappa shape index (κ1) is 18.7. The topological polar surface area (TPSA) is 103 Å². The molecule has 2 aliphatic heterocycles. The molecule has 2 saturated heterocycles. The summed E-state index contributed by atoms with van der Waals surface area (Å²) in [5.74, 6) is 0.716. The van der Waals surface area contributed by atoms with Gasteiger partial charge in [0.15, 0.2) is 0 Å². The lowest BCUT2D eigenvalue weighted by Gasteiger charge is -2.37. The SMILES string of the molecule is Oc1cc(-c2cn[nH]c2)ccc1-c1cnc(N(C2CC2)[C@@H]2C[C@H]3C[C@@H](F)[C@@H](C2)N3)nn1. The number of nitrogens with zero attached hydrogens (tertiary/aromatic N) is 5. The Morgan fingerprint density at radius 2 is 1.94 bits per heavy atom. The number of piperidine rings is 1. The molecule has 8 nitrogen and oxygen atoms in total. The lowest BCUT2D eigenvalue weighted by molar-refractivity contribution is 0.271. The monoisotopic (exact) mass is 421 g/mol. The largest absolute Gasteiger partial charge is 0.507 e. The van der Waals surface area contributed by atoms with Gasteiger partial charge in [-0.1, -0.05) is 6.07 Å². The van der Waals surface area contributed by atoms with Crippen LogP contribution < -0.4 is 10.2 Å². The molecule has 3 fully saturated rings. The minimum absolute atomic E-state index is 0.0667. The molecule has 1 saturated carbocycles. The van der Waals surface area contributed by atoms with Crippen LogP contribution in [-0.4, -0.2) is 60.8 Å². The molecule has 1 aromatic carbocycles. The van der Waals surface area contributed by atoms with Gasteiger partial charge in [-0.15, -0.1) is 10.2 Å². The van der Waals surface area contributed by atoms with Gasteiger partial charge in [0.05, 0.1) is 12.4 Å². The van der Waals surface area contributed by atoms with Crippen LogP contribution in [0.2, 0.25) is 0 Å². The summed E-state index contributed by atoms with van der Waals surface area (Å²) in [5.41, 5.74) is 2.86. The standard InChI is InChI=1S/C22H24FN7O/c23-18-7-14-6-16(8-19(18)27-14)30(15-2-3-15)22-24-11-20(28-29-22)17-4-1-12(5-21(17)31)13-9-25-26-10-13/h1,4-5,9-11,14-16,18-19,27,31H,2-3,6-8H2,(H,25,26)/t14-,16+,18+,19+/m0/s1. The van der Waals surface area contributed by atoms with Crippen molar-refractivity contribution in [3.63, 3.8) is 0 Å². The highest BCUT2D eigenvalue weighted by atomic mass is 19.1. The highest BCUT2D eigenvalue weighted by molar-refractivity contribution is 5.73. The molecule has 160 valence electrons. The summed E-state index contributed by atoms with van der Waals surface area (Å²) in [5, 5.41) is 29.4. The van der Waals surface area contributed by atoms with Gasteiger partial charge < -0.3 is 15.3 Å². The minimum Gasteiger partial charge on any atom is -0.507 e. The third kappa shape index (κ3) is 3.42. The van der Waals surface area contributed by atoms with E-state index < -0.39 is 6.17 Å². The number of rotatable bonds is 5. The molecule has 3 N–H and O–H groups in total. The van der Waals surface area contributed by atoms with Gasteiger partial charge in [0, 0.05) is 41.5 Å². The highest BCUT2D eigenvalue weighted by Gasteiger charge is 2.46. The van der Waals surface area contributed by atoms with Crippen molar-refractivity contribution in [1.29, 1.82) is 0 Å². The molecule has 3 aromatic rings. The van der Waals surface area contributed by atoms with Gasteiger partial charge in [0.1, 0.15) is 17.6 Å². The van der Waals surface area contributed by atoms with Crippen molar-refractivity contribution in [1.82, 2.24) is 30.7 Å². The Bertz CT molecular complexity index is 1070. The fourth-order valence-corrected chi connectivity index (χ4v) is 5.06. The summed E-state index contributed by atoms with van der Waals surface area (Å²) >= 11 is 0. The number of phenols is 1. The van der Waals surface area contributed by atoms with Crippen molar-refractivity contribution in [3.8, 4) is 28.1 Å². The van der Waals surface area contributed by atoms with Crippen molar-refractivity contribution < 1.29 is 9.50 Å². The van der Waals surface area contributed by atoms with Crippen LogP contribution in [0.4, 0.5) is 10.3 Å². The normalized spacial score (nSPS) is 27.4. The summed E-state index contributed by atoms with van der Waals surface area (Å²) in [7, 11) is 0. The number of alkyl halides is 1. The first-order chi connectivity index (χ1) is 15.2. The zero-order chi connectivity index (χ0) is 20.9. The van der Waals surface area contributed by atoms with Gasteiger partial charge in [-0.3, -0.25) is 5.10 Å². The van der Waals surface area contributed by atoms with Crippen LogP contribution in [0.1, 0.15) is 32.1 Å². The molecule has 0 unspecified atom stereocenters. The first-order valence-corrected chi connectivity index (χ1v) is 10.9. The number of hydrogen-bond donors (Lipinski definition) is 3. The Hall–Kier alpha value is -3.07. The van der Waals surface area contributed by atoms with Crippen molar-refractivity contribution in [2.75, 3.05) is 4.90 Å². The fourth-order valence-electron chi connectivity index (χ4n) is 5.06. The van der Waals surface area contributed by atoms with Crippen LogP contribution in [0.3, 0.4) is 0 Å². The number of fused-ring (bicyclic) bond motifs is 2. The van der Waals surface area contributed by atoms with E-state index in [-0.39, 0.29) is 23.9 Å². The lowest BCUT2D eigenvalue weighted by Crippen LogP contribution is -2.50. The number of aromatic nitrogens is 5. The Morgan fingerprint density at radius 1 is 1.03 bits per heavy atom. The summed E-state index contributed by atoms with van der Waals surface area (Å²) in [6, 6.07) is 6.22. The second-order valence-electron chi connectivity index (χ2n) is 8.85. The van der Waals surface area contributed by atoms with E-state index in [1.165, 1.54) is 0 Å². The third-order valence-corrected chi connectivity index (χ3v) is 6.70. The van der Waals surface area contributed by atoms with E-state index in [2.05, 4.69) is 35.6 Å². The van der Waals surface area contributed by atoms with Crippen molar-refractivity contribution in [2.24, 2.45) is 0 Å². The molecule has 31 heavy (non-hydrogen) atoms. The predicted octanol–water partition coefficient (Wildman–Crippen LogP) is 2.83. The van der Waals surface area contributed by atoms with E-state index in [9.17, 15) is 9.50 Å². The molecule has 6 rings (SSSR count). The Labute approximate surface area is 178 Å². The van der Waals surface area contributed by atoms with E-state index in [4.69, 9.17) is 0 Å². The molecule has 4 heterocycles. The zero-order valence-corrected chi connectivity index (χ0v) is 16.9. The Balaban J connectivity index is 1.25. The smallest absolute Gasteiger partial charge is 0.245 e. The maximum Gasteiger partial charge on any atom is 0.245 e.